The van der Waals surface area contributed by atoms with E-state index in [1.54, 1.807) is 0 Å². The molecule has 0 aliphatic heterocycles. The van der Waals surface area contributed by atoms with Crippen LogP contribution < -0.4 is 0 Å². The van der Waals surface area contributed by atoms with Crippen LogP contribution in [-0.4, -0.2) is 28.7 Å². The van der Waals surface area contributed by atoms with E-state index in [4.69, 9.17) is 0 Å². The van der Waals surface area contributed by atoms with Crippen molar-refractivity contribution in [1.29, 1.82) is 0 Å². The zero-order valence-electron chi connectivity index (χ0n) is 9.58. The van der Waals surface area contributed by atoms with Crippen molar-refractivity contribution in [3.05, 3.63) is 18.0 Å². The highest BCUT2D eigenvalue weighted by Gasteiger charge is 2.15. The first-order valence-electron chi connectivity index (χ1n) is 6.01. The zero-order valence-corrected chi connectivity index (χ0v) is 9.58. The second-order valence-electron chi connectivity index (χ2n) is 4.78. The first-order chi connectivity index (χ1) is 7.34. The predicted molar refractivity (Wildman–Crippen MR) is 61.5 cm³/mol. The molecule has 3 heteroatoms. The molecule has 1 aliphatic carbocycles. The van der Waals surface area contributed by atoms with Crippen molar-refractivity contribution in [3.63, 3.8) is 0 Å². The number of aromatic nitrogens is 2. The molecule has 1 saturated carbocycles. The van der Waals surface area contributed by atoms with Crippen LogP contribution in [0.2, 0.25) is 0 Å². The van der Waals surface area contributed by atoms with Crippen LogP contribution in [0.5, 0.6) is 0 Å². The number of rotatable bonds is 4. The maximum absolute atomic E-state index is 3.97. The van der Waals surface area contributed by atoms with Gasteiger partial charge in [0.15, 0.2) is 0 Å². The summed E-state index contributed by atoms with van der Waals surface area (Å²) >= 11 is 0. The molecule has 1 heterocycles. The first kappa shape index (κ1) is 10.7. The lowest BCUT2D eigenvalue weighted by atomic mass is 9.89. The van der Waals surface area contributed by atoms with Crippen LogP contribution in [0.4, 0.5) is 0 Å². The molecular weight excluding hydrogens is 186 g/mol. The minimum absolute atomic E-state index is 0.923. The first-order valence-corrected chi connectivity index (χ1v) is 6.01. The van der Waals surface area contributed by atoms with Crippen LogP contribution in [0, 0.1) is 5.92 Å². The molecule has 1 aliphatic rings. The van der Waals surface area contributed by atoms with Gasteiger partial charge in [0.05, 0.1) is 0 Å². The Hall–Kier alpha value is -0.830. The average Bonchev–Trinajstić information content (AvgIpc) is 2.71. The monoisotopic (exact) mass is 207 g/mol. The van der Waals surface area contributed by atoms with Gasteiger partial charge in [-0.05, 0) is 31.9 Å². The Labute approximate surface area is 91.9 Å². The molecule has 0 aromatic carbocycles. The second-order valence-corrected chi connectivity index (χ2v) is 4.78. The molecular formula is C12H21N3. The van der Waals surface area contributed by atoms with Gasteiger partial charge in [-0.1, -0.05) is 19.3 Å². The van der Waals surface area contributed by atoms with Gasteiger partial charge >= 0.3 is 0 Å². The lowest BCUT2D eigenvalue weighted by Crippen LogP contribution is -2.26. The Balaban J connectivity index is 1.74. The van der Waals surface area contributed by atoms with Crippen molar-refractivity contribution in [3.8, 4) is 0 Å². The third-order valence-corrected chi connectivity index (χ3v) is 3.29. The second kappa shape index (κ2) is 5.31. The topological polar surface area (TPSA) is 31.9 Å². The van der Waals surface area contributed by atoms with Crippen LogP contribution in [0.1, 0.15) is 37.8 Å². The van der Waals surface area contributed by atoms with Gasteiger partial charge in [-0.15, -0.1) is 0 Å². The van der Waals surface area contributed by atoms with Gasteiger partial charge in [0, 0.05) is 25.0 Å². The van der Waals surface area contributed by atoms with Crippen molar-refractivity contribution >= 4 is 0 Å². The highest BCUT2D eigenvalue weighted by atomic mass is 15.2. The van der Waals surface area contributed by atoms with E-state index >= 15 is 0 Å². The fourth-order valence-corrected chi connectivity index (χ4v) is 2.54. The summed E-state index contributed by atoms with van der Waals surface area (Å²) < 4.78 is 0. The van der Waals surface area contributed by atoms with Gasteiger partial charge in [0.25, 0.3) is 0 Å². The van der Waals surface area contributed by atoms with Crippen molar-refractivity contribution < 1.29 is 0 Å². The van der Waals surface area contributed by atoms with E-state index in [2.05, 4.69) is 28.2 Å². The molecule has 1 aromatic rings. The van der Waals surface area contributed by atoms with Gasteiger partial charge in [-0.2, -0.15) is 5.10 Å². The molecule has 15 heavy (non-hydrogen) atoms. The predicted octanol–water partition coefficient (Wildman–Crippen LogP) is 2.42. The Morgan fingerprint density at radius 1 is 1.40 bits per heavy atom. The average molecular weight is 207 g/mol. The fraction of sp³-hybridized carbons (Fsp3) is 0.750. The molecule has 1 N–H and O–H groups in total. The molecule has 0 saturated heterocycles. The Kier molecular flexibility index (Phi) is 3.78. The molecule has 1 aromatic heterocycles. The Bertz CT molecular complexity index is 262. The van der Waals surface area contributed by atoms with Gasteiger partial charge in [-0.3, -0.25) is 5.10 Å². The molecule has 0 radical (unpaired) electrons. The number of nitrogens with one attached hydrogen (secondary N) is 1. The largest absolute Gasteiger partial charge is 0.300 e. The van der Waals surface area contributed by atoms with Crippen molar-refractivity contribution in [2.75, 3.05) is 13.6 Å². The normalized spacial score (nSPS) is 18.5. The molecule has 2 rings (SSSR count). The summed E-state index contributed by atoms with van der Waals surface area (Å²) in [5.74, 6) is 0.923. The molecule has 0 atom stereocenters. The Morgan fingerprint density at radius 2 is 2.20 bits per heavy atom. The van der Waals surface area contributed by atoms with E-state index in [9.17, 15) is 0 Å². The number of hydrogen-bond acceptors (Lipinski definition) is 2. The van der Waals surface area contributed by atoms with E-state index in [0.717, 1.165) is 12.5 Å². The maximum atomic E-state index is 3.97. The standard InChI is InChI=1S/C12H21N3/c1-15(10-12-7-8-13-14-12)9-11-5-3-2-4-6-11/h7-8,11H,2-6,9-10H2,1H3,(H,13,14). The molecule has 0 spiro atoms. The Morgan fingerprint density at radius 3 is 2.87 bits per heavy atom. The van der Waals surface area contributed by atoms with Gasteiger partial charge in [0.1, 0.15) is 0 Å². The highest BCUT2D eigenvalue weighted by molar-refractivity contribution is 4.96. The van der Waals surface area contributed by atoms with E-state index in [-0.39, 0.29) is 0 Å². The van der Waals surface area contributed by atoms with Crippen molar-refractivity contribution in [2.24, 2.45) is 5.92 Å². The quantitative estimate of drug-likeness (QED) is 0.822. The molecule has 0 amide bonds. The van der Waals surface area contributed by atoms with Crippen LogP contribution in [0.3, 0.4) is 0 Å². The van der Waals surface area contributed by atoms with Gasteiger partial charge < -0.3 is 4.90 Å². The molecule has 1 fully saturated rings. The SMILES string of the molecule is CN(Cc1ccn[nH]1)CC1CCCCC1. The highest BCUT2D eigenvalue weighted by Crippen LogP contribution is 2.24. The summed E-state index contributed by atoms with van der Waals surface area (Å²) in [5, 5.41) is 6.98. The summed E-state index contributed by atoms with van der Waals surface area (Å²) in [6.45, 7) is 2.23. The van der Waals surface area contributed by atoms with E-state index in [1.807, 2.05) is 6.20 Å². The van der Waals surface area contributed by atoms with Crippen molar-refractivity contribution in [2.45, 2.75) is 38.6 Å². The summed E-state index contributed by atoms with van der Waals surface area (Å²) in [5.41, 5.74) is 1.22. The summed E-state index contributed by atoms with van der Waals surface area (Å²) in [6.07, 6.45) is 8.98. The third kappa shape index (κ3) is 3.34. The van der Waals surface area contributed by atoms with Gasteiger partial charge in [0.2, 0.25) is 0 Å². The maximum Gasteiger partial charge on any atom is 0.0492 e. The van der Waals surface area contributed by atoms with Crippen LogP contribution in [-0.2, 0) is 6.54 Å². The lowest BCUT2D eigenvalue weighted by Gasteiger charge is -2.26. The number of aromatic amines is 1. The zero-order chi connectivity index (χ0) is 10.5. The molecule has 0 bridgehead atoms. The molecule has 3 nitrogen and oxygen atoms in total. The smallest absolute Gasteiger partial charge is 0.0492 e. The minimum Gasteiger partial charge on any atom is -0.300 e. The molecule has 84 valence electrons. The number of H-pyrrole nitrogens is 1. The fourth-order valence-electron chi connectivity index (χ4n) is 2.54. The third-order valence-electron chi connectivity index (χ3n) is 3.29. The van der Waals surface area contributed by atoms with Crippen LogP contribution in [0.15, 0.2) is 12.3 Å². The van der Waals surface area contributed by atoms with E-state index in [1.165, 1.54) is 44.3 Å². The summed E-state index contributed by atoms with van der Waals surface area (Å²) in [7, 11) is 2.20. The summed E-state index contributed by atoms with van der Waals surface area (Å²) in [4.78, 5) is 2.41. The van der Waals surface area contributed by atoms with E-state index in [0.29, 0.717) is 0 Å². The van der Waals surface area contributed by atoms with Gasteiger partial charge in [-0.25, -0.2) is 0 Å². The summed E-state index contributed by atoms with van der Waals surface area (Å²) in [6, 6.07) is 2.05. The minimum atomic E-state index is 0.923. The van der Waals surface area contributed by atoms with E-state index < -0.39 is 0 Å². The van der Waals surface area contributed by atoms with Crippen molar-refractivity contribution in [1.82, 2.24) is 15.1 Å². The lowest BCUT2D eigenvalue weighted by molar-refractivity contribution is 0.226. The van der Waals surface area contributed by atoms with Crippen LogP contribution >= 0.6 is 0 Å². The molecule has 0 unspecified atom stereocenters. The number of hydrogen-bond donors (Lipinski definition) is 1. The number of nitrogens with zero attached hydrogens (tertiary/aromatic N) is 2. The van der Waals surface area contributed by atoms with Crippen LogP contribution in [0.25, 0.3) is 0 Å².